The summed E-state index contributed by atoms with van der Waals surface area (Å²) in [5, 5.41) is 8.40. The van der Waals surface area contributed by atoms with Crippen molar-refractivity contribution in [1.29, 1.82) is 0 Å². The third-order valence-corrected chi connectivity index (χ3v) is 5.82. The Morgan fingerprint density at radius 3 is 2.57 bits per heavy atom. The molecule has 1 aromatic carbocycles. The van der Waals surface area contributed by atoms with Crippen LogP contribution in [0.3, 0.4) is 0 Å². The highest BCUT2D eigenvalue weighted by atomic mass is 35.5. The topological polar surface area (TPSA) is 70.7 Å². The fourth-order valence-corrected chi connectivity index (χ4v) is 4.06. The van der Waals surface area contributed by atoms with E-state index in [1.807, 2.05) is 6.07 Å². The predicted octanol–water partition coefficient (Wildman–Crippen LogP) is 2.71. The Bertz CT molecular complexity index is 762. The molecule has 2 amide bonds. The van der Waals surface area contributed by atoms with Gasteiger partial charge in [0.2, 0.25) is 5.91 Å². The van der Waals surface area contributed by atoms with E-state index < -0.39 is 0 Å². The highest BCUT2D eigenvalue weighted by Gasteiger charge is 2.23. The van der Waals surface area contributed by atoms with Gasteiger partial charge >= 0.3 is 0 Å². The molecule has 0 spiro atoms. The fraction of sp³-hybridized carbons (Fsp3) is 0.400. The molecule has 8 heteroatoms. The first kappa shape index (κ1) is 20.8. The number of benzene rings is 1. The van der Waals surface area contributed by atoms with Crippen molar-refractivity contribution in [3.05, 3.63) is 57.2 Å². The molecule has 28 heavy (non-hydrogen) atoms. The lowest BCUT2D eigenvalue weighted by atomic mass is 10.2. The summed E-state index contributed by atoms with van der Waals surface area (Å²) < 4.78 is 5.44. The van der Waals surface area contributed by atoms with E-state index >= 15 is 0 Å². The number of hydrogen-bond donors (Lipinski definition) is 2. The van der Waals surface area contributed by atoms with Crippen molar-refractivity contribution < 1.29 is 14.3 Å². The van der Waals surface area contributed by atoms with Gasteiger partial charge in [-0.2, -0.15) is 0 Å². The number of rotatable bonds is 8. The second-order valence-corrected chi connectivity index (χ2v) is 7.91. The number of carbonyl (C=O) groups excluding carboxylic acids is 2. The van der Waals surface area contributed by atoms with Crippen molar-refractivity contribution in [3.63, 3.8) is 0 Å². The Kier molecular flexibility index (Phi) is 7.85. The van der Waals surface area contributed by atoms with Gasteiger partial charge in [-0.05, 0) is 35.7 Å². The Hall–Kier alpha value is -1.93. The van der Waals surface area contributed by atoms with Crippen molar-refractivity contribution in [2.45, 2.75) is 12.5 Å². The lowest BCUT2D eigenvalue weighted by molar-refractivity contribution is -0.121. The van der Waals surface area contributed by atoms with Crippen molar-refractivity contribution >= 4 is 34.8 Å². The first-order chi connectivity index (χ1) is 13.6. The number of nitrogens with one attached hydrogen (secondary N) is 2. The number of carbonyl (C=O) groups is 2. The number of halogens is 1. The third kappa shape index (κ3) is 6.04. The zero-order valence-corrected chi connectivity index (χ0v) is 17.1. The second kappa shape index (κ2) is 10.6. The van der Waals surface area contributed by atoms with Crippen LogP contribution in [-0.4, -0.2) is 56.1 Å². The molecular weight excluding hydrogens is 398 g/mol. The molecule has 3 rings (SSSR count). The summed E-state index contributed by atoms with van der Waals surface area (Å²) in [5.74, 6) is -0.291. The molecule has 0 aliphatic carbocycles. The van der Waals surface area contributed by atoms with Gasteiger partial charge in [0.05, 0.1) is 19.3 Å². The maximum atomic E-state index is 12.2. The van der Waals surface area contributed by atoms with E-state index in [9.17, 15) is 9.59 Å². The molecule has 0 radical (unpaired) electrons. The second-order valence-electron chi connectivity index (χ2n) is 6.50. The van der Waals surface area contributed by atoms with Crippen LogP contribution < -0.4 is 10.6 Å². The van der Waals surface area contributed by atoms with E-state index in [4.69, 9.17) is 16.3 Å². The minimum atomic E-state index is -0.214. The number of ether oxygens (including phenoxy) is 1. The van der Waals surface area contributed by atoms with Crippen LogP contribution in [0.25, 0.3) is 0 Å². The molecule has 1 aromatic heterocycles. The summed E-state index contributed by atoms with van der Waals surface area (Å²) in [6.07, 6.45) is 0.236. The van der Waals surface area contributed by atoms with Gasteiger partial charge in [-0.3, -0.25) is 14.5 Å². The van der Waals surface area contributed by atoms with E-state index in [1.165, 1.54) is 4.88 Å². The molecule has 0 unspecified atom stereocenters. The van der Waals surface area contributed by atoms with Gasteiger partial charge in [0, 0.05) is 48.1 Å². The van der Waals surface area contributed by atoms with Crippen LogP contribution in [0, 0.1) is 0 Å². The Labute approximate surface area is 173 Å². The normalized spacial score (nSPS) is 15.8. The summed E-state index contributed by atoms with van der Waals surface area (Å²) in [6.45, 7) is 3.98. The molecule has 0 bridgehead atoms. The minimum Gasteiger partial charge on any atom is -0.379 e. The van der Waals surface area contributed by atoms with Crippen LogP contribution >= 0.6 is 22.9 Å². The average Bonchev–Trinajstić information content (AvgIpc) is 3.24. The average molecular weight is 422 g/mol. The standard InChI is InChI=1S/C20H24ClN3O3S/c21-16-5-3-15(4-6-16)20(26)22-8-7-19(25)23-14-17(18-2-1-13-28-18)24-9-11-27-12-10-24/h1-6,13,17H,7-12,14H2,(H,22,26)(H,23,25)/t17-/m0/s1. The molecular formula is C20H24ClN3O3S. The number of hydrogen-bond acceptors (Lipinski definition) is 5. The maximum absolute atomic E-state index is 12.2. The Morgan fingerprint density at radius 1 is 1.14 bits per heavy atom. The highest BCUT2D eigenvalue weighted by Crippen LogP contribution is 2.25. The molecule has 1 atom stereocenters. The summed E-state index contributed by atoms with van der Waals surface area (Å²) in [7, 11) is 0. The van der Waals surface area contributed by atoms with Gasteiger partial charge in [0.15, 0.2) is 0 Å². The van der Waals surface area contributed by atoms with E-state index in [1.54, 1.807) is 35.6 Å². The highest BCUT2D eigenvalue weighted by molar-refractivity contribution is 7.10. The zero-order valence-electron chi connectivity index (χ0n) is 15.5. The number of amides is 2. The maximum Gasteiger partial charge on any atom is 0.251 e. The van der Waals surface area contributed by atoms with E-state index in [0.717, 1.165) is 13.1 Å². The first-order valence-electron chi connectivity index (χ1n) is 9.29. The SMILES string of the molecule is O=C(CCNC(=O)c1ccc(Cl)cc1)NC[C@@H](c1cccs1)N1CCOCC1. The van der Waals surface area contributed by atoms with Gasteiger partial charge < -0.3 is 15.4 Å². The molecule has 2 heterocycles. The molecule has 0 saturated carbocycles. The van der Waals surface area contributed by atoms with Crippen LogP contribution in [0.4, 0.5) is 0 Å². The molecule has 150 valence electrons. The van der Waals surface area contributed by atoms with Crippen LogP contribution in [0.5, 0.6) is 0 Å². The van der Waals surface area contributed by atoms with Crippen LogP contribution in [0.2, 0.25) is 5.02 Å². The van der Waals surface area contributed by atoms with E-state index in [-0.39, 0.29) is 30.8 Å². The molecule has 6 nitrogen and oxygen atoms in total. The van der Waals surface area contributed by atoms with E-state index in [2.05, 4.69) is 27.0 Å². The van der Waals surface area contributed by atoms with Crippen LogP contribution in [0.1, 0.15) is 27.7 Å². The molecule has 2 N–H and O–H groups in total. The summed E-state index contributed by atoms with van der Waals surface area (Å²) in [5.41, 5.74) is 0.523. The lowest BCUT2D eigenvalue weighted by Gasteiger charge is -2.34. The van der Waals surface area contributed by atoms with Crippen molar-refractivity contribution in [3.8, 4) is 0 Å². The quantitative estimate of drug-likeness (QED) is 0.687. The number of nitrogens with zero attached hydrogens (tertiary/aromatic N) is 1. The van der Waals surface area contributed by atoms with Gasteiger partial charge in [-0.25, -0.2) is 0 Å². The smallest absolute Gasteiger partial charge is 0.251 e. The monoisotopic (exact) mass is 421 g/mol. The number of morpholine rings is 1. The van der Waals surface area contributed by atoms with E-state index in [0.29, 0.717) is 30.3 Å². The Balaban J connectivity index is 1.44. The van der Waals surface area contributed by atoms with Crippen molar-refractivity contribution in [2.75, 3.05) is 39.4 Å². The fourth-order valence-electron chi connectivity index (χ4n) is 3.07. The minimum absolute atomic E-state index is 0.0776. The summed E-state index contributed by atoms with van der Waals surface area (Å²) in [6, 6.07) is 10.9. The molecule has 1 aliphatic heterocycles. The van der Waals surface area contributed by atoms with Gasteiger partial charge in [-0.15, -0.1) is 11.3 Å². The Morgan fingerprint density at radius 2 is 1.89 bits per heavy atom. The van der Waals surface area contributed by atoms with Crippen molar-refractivity contribution in [2.24, 2.45) is 0 Å². The first-order valence-corrected chi connectivity index (χ1v) is 10.5. The molecule has 2 aromatic rings. The summed E-state index contributed by atoms with van der Waals surface area (Å²) >= 11 is 7.52. The predicted molar refractivity (Wildman–Crippen MR) is 111 cm³/mol. The van der Waals surface area contributed by atoms with Gasteiger partial charge in [0.25, 0.3) is 5.91 Å². The third-order valence-electron chi connectivity index (χ3n) is 4.59. The number of thiophene rings is 1. The summed E-state index contributed by atoms with van der Waals surface area (Å²) in [4.78, 5) is 27.9. The van der Waals surface area contributed by atoms with Crippen LogP contribution in [0.15, 0.2) is 41.8 Å². The van der Waals surface area contributed by atoms with Gasteiger partial charge in [0.1, 0.15) is 0 Å². The molecule has 1 aliphatic rings. The van der Waals surface area contributed by atoms with Crippen LogP contribution in [-0.2, 0) is 9.53 Å². The molecule has 1 fully saturated rings. The lowest BCUT2D eigenvalue weighted by Crippen LogP contribution is -2.43. The zero-order chi connectivity index (χ0) is 19.8. The molecule has 1 saturated heterocycles. The van der Waals surface area contributed by atoms with Crippen molar-refractivity contribution in [1.82, 2.24) is 15.5 Å². The van der Waals surface area contributed by atoms with Gasteiger partial charge in [-0.1, -0.05) is 17.7 Å². The largest absolute Gasteiger partial charge is 0.379 e.